The molecule has 0 fully saturated rings. The highest BCUT2D eigenvalue weighted by molar-refractivity contribution is 6.29. The summed E-state index contributed by atoms with van der Waals surface area (Å²) in [5.41, 5.74) is 12.5. The Hall–Kier alpha value is -5.48. The third-order valence-corrected chi connectivity index (χ3v) is 9.33. The van der Waals surface area contributed by atoms with E-state index in [0.717, 1.165) is 6.54 Å². The van der Waals surface area contributed by atoms with Gasteiger partial charge in [0.25, 0.3) is 0 Å². The summed E-state index contributed by atoms with van der Waals surface area (Å²) in [5.74, 6) is 0. The lowest BCUT2D eigenvalue weighted by molar-refractivity contribution is 0.256. The van der Waals surface area contributed by atoms with Gasteiger partial charge < -0.3 is 9.55 Å². The normalized spacial score (nSPS) is 14.8. The summed E-state index contributed by atoms with van der Waals surface area (Å²) < 4.78 is 7.33. The van der Waals surface area contributed by atoms with Crippen LogP contribution < -0.4 is 0 Å². The van der Waals surface area contributed by atoms with E-state index in [0.29, 0.717) is 0 Å². The van der Waals surface area contributed by atoms with E-state index in [-0.39, 0.29) is 6.04 Å². The van der Waals surface area contributed by atoms with E-state index < -0.39 is 0 Å². The van der Waals surface area contributed by atoms with E-state index in [2.05, 4.69) is 152 Å². The van der Waals surface area contributed by atoms with Gasteiger partial charge in [0, 0.05) is 38.3 Å². The Morgan fingerprint density at radius 2 is 1.29 bits per heavy atom. The summed E-state index contributed by atoms with van der Waals surface area (Å²) in [5, 5.41) is 5.18. The van der Waals surface area contributed by atoms with E-state index in [9.17, 15) is 0 Å². The molecule has 4 nitrogen and oxygen atoms in total. The molecule has 0 amide bonds. The molecule has 9 aromatic rings. The summed E-state index contributed by atoms with van der Waals surface area (Å²) >= 11 is 0. The van der Waals surface area contributed by atoms with E-state index in [1.54, 1.807) is 0 Å². The standard InChI is InChI=1S/C38H26N4/c1-3-11-24(12-4-1)25-19-20-31-28(21-25)36-34(41(31)26-13-5-2-6-14-26)22-29(38-37(36)27-15-7-8-16-30(27)39-38)35-23-40-32-17-9-10-18-33(32)42(35)40/h1-22,35,39H,23H2. The van der Waals surface area contributed by atoms with Crippen LogP contribution >= 0.6 is 0 Å². The number of hydrogen-bond donors (Lipinski definition) is 1. The van der Waals surface area contributed by atoms with Gasteiger partial charge in [0.15, 0.2) is 0 Å². The van der Waals surface area contributed by atoms with Gasteiger partial charge in [0.1, 0.15) is 0 Å². The lowest BCUT2D eigenvalue weighted by Crippen LogP contribution is -2.41. The molecular weight excluding hydrogens is 512 g/mol. The first-order chi connectivity index (χ1) is 20.8. The molecule has 1 atom stereocenters. The first-order valence-electron chi connectivity index (χ1n) is 14.6. The Labute approximate surface area is 241 Å². The lowest BCUT2D eigenvalue weighted by atomic mass is 9.95. The zero-order valence-corrected chi connectivity index (χ0v) is 22.8. The van der Waals surface area contributed by atoms with Crippen LogP contribution in [-0.2, 0) is 6.54 Å². The molecule has 0 saturated carbocycles. The van der Waals surface area contributed by atoms with Crippen molar-refractivity contribution < 1.29 is 0 Å². The number of nitrogens with one attached hydrogen (secondary N) is 1. The minimum atomic E-state index is 0.280. The van der Waals surface area contributed by atoms with Crippen LogP contribution in [0, 0.1) is 0 Å². The van der Waals surface area contributed by atoms with Gasteiger partial charge in [-0.2, -0.15) is 0 Å². The van der Waals surface area contributed by atoms with Crippen molar-refractivity contribution in [3.8, 4) is 16.8 Å². The second kappa shape index (κ2) is 8.05. The van der Waals surface area contributed by atoms with E-state index >= 15 is 0 Å². The molecule has 0 radical (unpaired) electrons. The Kier molecular flexibility index (Phi) is 4.26. The maximum atomic E-state index is 3.88. The van der Waals surface area contributed by atoms with Gasteiger partial charge in [-0.25, -0.2) is 0 Å². The van der Waals surface area contributed by atoms with Gasteiger partial charge in [0.2, 0.25) is 0 Å². The monoisotopic (exact) mass is 538 g/mol. The minimum absolute atomic E-state index is 0.280. The Bertz CT molecular complexity index is 2490. The molecule has 4 heteroatoms. The van der Waals surface area contributed by atoms with Crippen LogP contribution in [0.5, 0.6) is 0 Å². The average Bonchev–Trinajstić information content (AvgIpc) is 3.57. The molecule has 1 unspecified atom stereocenters. The molecule has 1 aliphatic rings. The van der Waals surface area contributed by atoms with Gasteiger partial charge in [-0.1, -0.05) is 84.9 Å². The average molecular weight is 539 g/mol. The molecule has 10 rings (SSSR count). The third kappa shape index (κ3) is 2.81. The molecule has 4 heterocycles. The predicted octanol–water partition coefficient (Wildman–Crippen LogP) is 9.44. The fourth-order valence-corrected chi connectivity index (χ4v) is 7.45. The minimum Gasteiger partial charge on any atom is -0.354 e. The fraction of sp³-hybridized carbons (Fsp3) is 0.0526. The van der Waals surface area contributed by atoms with Crippen LogP contribution in [0.25, 0.3) is 71.5 Å². The van der Waals surface area contributed by atoms with Crippen LogP contribution in [0.2, 0.25) is 0 Å². The maximum absolute atomic E-state index is 3.88. The number of fused-ring (bicyclic) bond motifs is 11. The quantitative estimate of drug-likeness (QED) is 0.232. The number of aromatic amines is 1. The van der Waals surface area contributed by atoms with Gasteiger partial charge in [-0.05, 0) is 59.7 Å². The topological polar surface area (TPSA) is 30.6 Å². The highest BCUT2D eigenvalue weighted by Crippen LogP contribution is 2.47. The van der Waals surface area contributed by atoms with E-state index in [4.69, 9.17) is 0 Å². The number of H-pyrrole nitrogens is 1. The first kappa shape index (κ1) is 22.2. The highest BCUT2D eigenvalue weighted by atomic mass is 15.5. The number of para-hydroxylation sites is 4. The van der Waals surface area contributed by atoms with Crippen molar-refractivity contribution in [3.05, 3.63) is 139 Å². The van der Waals surface area contributed by atoms with Gasteiger partial charge in [0.05, 0.1) is 40.2 Å². The number of aromatic nitrogens is 4. The number of rotatable bonds is 3. The molecule has 6 aromatic carbocycles. The Morgan fingerprint density at radius 1 is 0.548 bits per heavy atom. The van der Waals surface area contributed by atoms with E-state index in [1.807, 2.05) is 0 Å². The molecule has 0 saturated heterocycles. The van der Waals surface area contributed by atoms with Crippen molar-refractivity contribution >= 4 is 54.6 Å². The zero-order chi connectivity index (χ0) is 27.4. The molecule has 3 aromatic heterocycles. The van der Waals surface area contributed by atoms with Crippen molar-refractivity contribution in [1.82, 2.24) is 18.9 Å². The molecule has 1 aliphatic heterocycles. The van der Waals surface area contributed by atoms with Crippen LogP contribution in [0.4, 0.5) is 0 Å². The van der Waals surface area contributed by atoms with E-state index in [1.165, 1.54) is 77.0 Å². The largest absolute Gasteiger partial charge is 0.354 e. The van der Waals surface area contributed by atoms with Crippen molar-refractivity contribution in [1.29, 1.82) is 0 Å². The van der Waals surface area contributed by atoms with Gasteiger partial charge in [-0.15, -0.1) is 0 Å². The lowest BCUT2D eigenvalue weighted by Gasteiger charge is -2.43. The van der Waals surface area contributed by atoms with Crippen LogP contribution in [-0.4, -0.2) is 18.9 Å². The predicted molar refractivity (Wildman–Crippen MR) is 174 cm³/mol. The van der Waals surface area contributed by atoms with Crippen LogP contribution in [0.15, 0.2) is 133 Å². The molecule has 42 heavy (non-hydrogen) atoms. The molecule has 198 valence electrons. The molecule has 0 bridgehead atoms. The second-order valence-electron chi connectivity index (χ2n) is 11.5. The van der Waals surface area contributed by atoms with Gasteiger partial charge >= 0.3 is 0 Å². The summed E-state index contributed by atoms with van der Waals surface area (Å²) in [4.78, 5) is 3.88. The molecular formula is C38H26N4. The maximum Gasteiger partial charge on any atom is 0.0973 e. The number of hydrogen-bond acceptors (Lipinski definition) is 0. The number of nitrogens with zero attached hydrogens (tertiary/aromatic N) is 3. The third-order valence-electron chi connectivity index (χ3n) is 9.33. The first-order valence-corrected chi connectivity index (χ1v) is 14.6. The summed E-state index contributed by atoms with van der Waals surface area (Å²) in [7, 11) is 0. The smallest absolute Gasteiger partial charge is 0.0973 e. The zero-order valence-electron chi connectivity index (χ0n) is 22.8. The summed E-state index contributed by atoms with van der Waals surface area (Å²) in [6.45, 7) is 0.983. The molecule has 0 spiro atoms. The van der Waals surface area contributed by atoms with Crippen LogP contribution in [0.3, 0.4) is 0 Å². The number of benzene rings is 6. The summed E-state index contributed by atoms with van der Waals surface area (Å²) in [6.07, 6.45) is 0. The van der Waals surface area contributed by atoms with Crippen molar-refractivity contribution in [2.24, 2.45) is 0 Å². The SMILES string of the molecule is c1ccc(-c2ccc3c(c2)c2c4c([nH]c5ccccc54)c(C4Cn5c6ccccc6n54)cc2n3-c2ccccc2)cc1. The molecule has 0 aliphatic carbocycles. The van der Waals surface area contributed by atoms with Gasteiger partial charge in [-0.3, -0.25) is 9.36 Å². The van der Waals surface area contributed by atoms with Crippen molar-refractivity contribution in [2.45, 2.75) is 12.6 Å². The summed E-state index contributed by atoms with van der Waals surface area (Å²) in [6, 6.07) is 48.8. The molecule has 1 N–H and O–H groups in total. The highest BCUT2D eigenvalue weighted by Gasteiger charge is 2.35. The Morgan fingerprint density at radius 3 is 2.14 bits per heavy atom. The fourth-order valence-electron chi connectivity index (χ4n) is 7.45. The second-order valence-corrected chi connectivity index (χ2v) is 11.5. The van der Waals surface area contributed by atoms with Crippen LogP contribution in [0.1, 0.15) is 11.6 Å². The van der Waals surface area contributed by atoms with Crippen molar-refractivity contribution in [3.63, 3.8) is 0 Å². The Balaban J connectivity index is 1.37. The van der Waals surface area contributed by atoms with Crippen molar-refractivity contribution in [2.75, 3.05) is 0 Å².